The van der Waals surface area contributed by atoms with Crippen molar-refractivity contribution >= 4 is 0 Å². The molecule has 1 atom stereocenters. The Morgan fingerprint density at radius 2 is 1.76 bits per heavy atom. The lowest BCUT2D eigenvalue weighted by molar-refractivity contribution is 0.0625. The SMILES string of the molecule is COc1ccc(OC[C@H](O)CN(Cc2ccccc2C)C2CC2)cc1. The molecule has 0 aromatic heterocycles. The molecule has 0 spiro atoms. The summed E-state index contributed by atoms with van der Waals surface area (Å²) < 4.78 is 10.8. The van der Waals surface area contributed by atoms with Crippen molar-refractivity contribution in [2.75, 3.05) is 20.3 Å². The topological polar surface area (TPSA) is 41.9 Å². The Balaban J connectivity index is 1.52. The Kier molecular flexibility index (Phi) is 5.95. The van der Waals surface area contributed by atoms with Gasteiger partial charge in [0.25, 0.3) is 0 Å². The smallest absolute Gasteiger partial charge is 0.119 e. The molecule has 0 unspecified atom stereocenters. The predicted octanol–water partition coefficient (Wildman–Crippen LogP) is 3.41. The molecule has 0 amide bonds. The van der Waals surface area contributed by atoms with Gasteiger partial charge in [0.1, 0.15) is 24.2 Å². The van der Waals surface area contributed by atoms with Crippen molar-refractivity contribution in [2.45, 2.75) is 38.5 Å². The normalized spacial score (nSPS) is 15.2. The fourth-order valence-corrected chi connectivity index (χ4v) is 2.98. The maximum absolute atomic E-state index is 10.4. The van der Waals surface area contributed by atoms with E-state index in [2.05, 4.69) is 36.1 Å². The fraction of sp³-hybridized carbons (Fsp3) is 0.429. The highest BCUT2D eigenvalue weighted by Crippen LogP contribution is 2.29. The van der Waals surface area contributed by atoms with Crippen LogP contribution in [0, 0.1) is 6.92 Å². The largest absolute Gasteiger partial charge is 0.497 e. The monoisotopic (exact) mass is 341 g/mol. The van der Waals surface area contributed by atoms with E-state index in [-0.39, 0.29) is 0 Å². The lowest BCUT2D eigenvalue weighted by Gasteiger charge is -2.25. The van der Waals surface area contributed by atoms with Gasteiger partial charge >= 0.3 is 0 Å². The number of benzene rings is 2. The van der Waals surface area contributed by atoms with Crippen LogP contribution >= 0.6 is 0 Å². The molecule has 1 N–H and O–H groups in total. The second-order valence-electron chi connectivity index (χ2n) is 6.73. The number of ether oxygens (including phenoxy) is 2. The lowest BCUT2D eigenvalue weighted by atomic mass is 10.1. The van der Waals surface area contributed by atoms with E-state index in [1.165, 1.54) is 24.0 Å². The molecule has 0 bridgehead atoms. The summed E-state index contributed by atoms with van der Waals surface area (Å²) in [5, 5.41) is 10.4. The van der Waals surface area contributed by atoms with Gasteiger partial charge in [-0.3, -0.25) is 4.90 Å². The Labute approximate surface area is 150 Å². The minimum Gasteiger partial charge on any atom is -0.497 e. The number of nitrogens with zero attached hydrogens (tertiary/aromatic N) is 1. The van der Waals surface area contributed by atoms with Crippen LogP contribution in [0.4, 0.5) is 0 Å². The number of hydrogen-bond acceptors (Lipinski definition) is 4. The van der Waals surface area contributed by atoms with Crippen LogP contribution in [0.25, 0.3) is 0 Å². The molecule has 0 heterocycles. The molecule has 134 valence electrons. The summed E-state index contributed by atoms with van der Waals surface area (Å²) in [6, 6.07) is 16.5. The molecule has 1 saturated carbocycles. The van der Waals surface area contributed by atoms with Gasteiger partial charge in [0.05, 0.1) is 7.11 Å². The standard InChI is InChI=1S/C21H27NO3/c1-16-5-3-4-6-17(16)13-22(18-7-8-18)14-19(23)15-25-21-11-9-20(24-2)10-12-21/h3-6,9-12,18-19,23H,7-8,13-15H2,1-2H3/t19-/m1/s1. The summed E-state index contributed by atoms with van der Waals surface area (Å²) >= 11 is 0. The second-order valence-corrected chi connectivity index (χ2v) is 6.73. The minimum absolute atomic E-state index is 0.295. The Hall–Kier alpha value is -2.04. The molecule has 1 aliphatic carbocycles. The molecule has 1 fully saturated rings. The molecule has 2 aromatic rings. The number of aliphatic hydroxyl groups is 1. The van der Waals surface area contributed by atoms with Gasteiger partial charge in [-0.2, -0.15) is 0 Å². The van der Waals surface area contributed by atoms with E-state index in [0.717, 1.165) is 18.0 Å². The van der Waals surface area contributed by atoms with E-state index in [0.29, 0.717) is 19.2 Å². The van der Waals surface area contributed by atoms with E-state index in [1.54, 1.807) is 7.11 Å². The quantitative estimate of drug-likeness (QED) is 0.759. The summed E-state index contributed by atoms with van der Waals surface area (Å²) in [6.45, 7) is 3.96. The zero-order valence-corrected chi connectivity index (χ0v) is 15.0. The van der Waals surface area contributed by atoms with Crippen molar-refractivity contribution < 1.29 is 14.6 Å². The molecule has 0 radical (unpaired) electrons. The van der Waals surface area contributed by atoms with Crippen molar-refractivity contribution in [3.63, 3.8) is 0 Å². The first-order chi connectivity index (χ1) is 12.2. The highest BCUT2D eigenvalue weighted by atomic mass is 16.5. The molecular weight excluding hydrogens is 314 g/mol. The van der Waals surface area contributed by atoms with E-state index in [1.807, 2.05) is 24.3 Å². The molecule has 25 heavy (non-hydrogen) atoms. The van der Waals surface area contributed by atoms with Crippen molar-refractivity contribution in [3.05, 3.63) is 59.7 Å². The van der Waals surface area contributed by atoms with Crippen LogP contribution in [0.1, 0.15) is 24.0 Å². The van der Waals surface area contributed by atoms with Crippen LogP contribution in [0.3, 0.4) is 0 Å². The average Bonchev–Trinajstić information content (AvgIpc) is 3.47. The number of aryl methyl sites for hydroxylation is 1. The van der Waals surface area contributed by atoms with Gasteiger partial charge in [-0.05, 0) is 55.2 Å². The van der Waals surface area contributed by atoms with E-state index < -0.39 is 6.10 Å². The van der Waals surface area contributed by atoms with Gasteiger partial charge in [-0.1, -0.05) is 24.3 Å². The third kappa shape index (κ3) is 5.21. The van der Waals surface area contributed by atoms with E-state index in [9.17, 15) is 5.11 Å². The van der Waals surface area contributed by atoms with E-state index in [4.69, 9.17) is 9.47 Å². The van der Waals surface area contributed by atoms with Crippen LogP contribution in [0.15, 0.2) is 48.5 Å². The Bertz CT molecular complexity index is 667. The molecule has 0 aliphatic heterocycles. The average molecular weight is 341 g/mol. The van der Waals surface area contributed by atoms with Gasteiger partial charge in [0, 0.05) is 19.1 Å². The summed E-state index contributed by atoms with van der Waals surface area (Å²) in [5.41, 5.74) is 2.63. The maximum Gasteiger partial charge on any atom is 0.119 e. The zero-order valence-electron chi connectivity index (χ0n) is 15.0. The molecule has 0 saturated heterocycles. The highest BCUT2D eigenvalue weighted by Gasteiger charge is 2.30. The molecule has 3 rings (SSSR count). The molecule has 4 nitrogen and oxygen atoms in total. The van der Waals surface area contributed by atoms with Crippen LogP contribution < -0.4 is 9.47 Å². The number of hydrogen-bond donors (Lipinski definition) is 1. The van der Waals surface area contributed by atoms with Crippen molar-refractivity contribution in [1.29, 1.82) is 0 Å². The van der Waals surface area contributed by atoms with Crippen LogP contribution in [0.5, 0.6) is 11.5 Å². The van der Waals surface area contributed by atoms with Crippen molar-refractivity contribution in [2.24, 2.45) is 0 Å². The van der Waals surface area contributed by atoms with Gasteiger partial charge < -0.3 is 14.6 Å². The predicted molar refractivity (Wildman–Crippen MR) is 99.1 cm³/mol. The Morgan fingerprint density at radius 1 is 1.08 bits per heavy atom. The number of methoxy groups -OCH3 is 1. The van der Waals surface area contributed by atoms with Gasteiger partial charge in [0.15, 0.2) is 0 Å². The van der Waals surface area contributed by atoms with E-state index >= 15 is 0 Å². The van der Waals surface area contributed by atoms with Gasteiger partial charge in [0.2, 0.25) is 0 Å². The molecule has 2 aromatic carbocycles. The van der Waals surface area contributed by atoms with Crippen molar-refractivity contribution in [1.82, 2.24) is 4.90 Å². The zero-order chi connectivity index (χ0) is 17.6. The fourth-order valence-electron chi connectivity index (χ4n) is 2.98. The Morgan fingerprint density at radius 3 is 2.40 bits per heavy atom. The first-order valence-corrected chi connectivity index (χ1v) is 8.89. The molecular formula is C21H27NO3. The lowest BCUT2D eigenvalue weighted by Crippen LogP contribution is -2.36. The van der Waals surface area contributed by atoms with Crippen LogP contribution in [-0.4, -0.2) is 42.4 Å². The third-order valence-corrected chi connectivity index (χ3v) is 4.65. The van der Waals surface area contributed by atoms with Crippen molar-refractivity contribution in [3.8, 4) is 11.5 Å². The summed E-state index contributed by atoms with van der Waals surface area (Å²) in [6.07, 6.45) is 1.93. The summed E-state index contributed by atoms with van der Waals surface area (Å²) in [5.74, 6) is 1.54. The summed E-state index contributed by atoms with van der Waals surface area (Å²) in [7, 11) is 1.64. The first kappa shape index (κ1) is 17.8. The van der Waals surface area contributed by atoms with Gasteiger partial charge in [-0.25, -0.2) is 0 Å². The molecule has 1 aliphatic rings. The van der Waals surface area contributed by atoms with Crippen LogP contribution in [-0.2, 0) is 6.54 Å². The van der Waals surface area contributed by atoms with Crippen LogP contribution in [0.2, 0.25) is 0 Å². The number of aliphatic hydroxyl groups excluding tert-OH is 1. The highest BCUT2D eigenvalue weighted by molar-refractivity contribution is 5.31. The van der Waals surface area contributed by atoms with Gasteiger partial charge in [-0.15, -0.1) is 0 Å². The second kappa shape index (κ2) is 8.37. The summed E-state index contributed by atoms with van der Waals surface area (Å²) in [4.78, 5) is 2.38. The third-order valence-electron chi connectivity index (χ3n) is 4.65. The minimum atomic E-state index is -0.508. The number of rotatable bonds is 9. The molecule has 4 heteroatoms. The first-order valence-electron chi connectivity index (χ1n) is 8.89. The maximum atomic E-state index is 10.4.